The number of nitrogens with zero attached hydrogens (tertiary/aromatic N) is 1. The average molecular weight is 327 g/mol. The lowest BCUT2D eigenvalue weighted by Crippen LogP contribution is -2.22. The maximum atomic E-state index is 9.96. The van der Waals surface area contributed by atoms with E-state index in [1.54, 1.807) is 24.1 Å². The second-order valence-corrected chi connectivity index (χ2v) is 6.83. The molecule has 0 aliphatic carbocycles. The first-order valence-electron chi connectivity index (χ1n) is 7.77. The third-order valence-corrected chi connectivity index (χ3v) is 5.29. The number of fused-ring (bicyclic) bond motifs is 1. The van der Waals surface area contributed by atoms with Gasteiger partial charge in [-0.1, -0.05) is 48.4 Å². The van der Waals surface area contributed by atoms with Gasteiger partial charge in [-0.05, 0) is 35.2 Å². The summed E-state index contributed by atoms with van der Waals surface area (Å²) in [7, 11) is 0. The summed E-state index contributed by atoms with van der Waals surface area (Å²) in [5, 5.41) is 19.8. The van der Waals surface area contributed by atoms with Crippen LogP contribution >= 0.6 is 11.9 Å². The minimum Gasteiger partial charge on any atom is -0.504 e. The third-order valence-electron chi connectivity index (χ3n) is 4.21. The summed E-state index contributed by atoms with van der Waals surface area (Å²) >= 11 is 1.78. The molecule has 0 fully saturated rings. The zero-order valence-corrected chi connectivity index (χ0v) is 13.8. The normalized spacial score (nSPS) is 18.2. The molecule has 4 heteroatoms. The number of phenols is 2. The Bertz CT molecular complexity index is 687. The molecule has 2 aromatic rings. The van der Waals surface area contributed by atoms with E-state index in [4.69, 9.17) is 0 Å². The van der Waals surface area contributed by atoms with Crippen molar-refractivity contribution in [1.29, 1.82) is 0 Å². The van der Waals surface area contributed by atoms with Crippen LogP contribution in [0, 0.1) is 0 Å². The van der Waals surface area contributed by atoms with Gasteiger partial charge in [0.15, 0.2) is 11.5 Å². The maximum absolute atomic E-state index is 9.96. The lowest BCUT2D eigenvalue weighted by molar-refractivity contribution is 0.402. The lowest BCUT2D eigenvalue weighted by atomic mass is 9.88. The van der Waals surface area contributed by atoms with Gasteiger partial charge in [0.1, 0.15) is 0 Å². The van der Waals surface area contributed by atoms with E-state index < -0.39 is 0 Å². The van der Waals surface area contributed by atoms with E-state index in [9.17, 15) is 10.2 Å². The second-order valence-electron chi connectivity index (χ2n) is 5.73. The molecule has 1 aliphatic rings. The van der Waals surface area contributed by atoms with Crippen LogP contribution in [-0.2, 0) is 6.42 Å². The molecule has 23 heavy (non-hydrogen) atoms. The number of aromatic hydroxyl groups is 2. The zero-order valence-electron chi connectivity index (χ0n) is 13.0. The van der Waals surface area contributed by atoms with E-state index in [-0.39, 0.29) is 17.4 Å². The van der Waals surface area contributed by atoms with Crippen molar-refractivity contribution in [2.45, 2.75) is 12.3 Å². The Morgan fingerprint density at radius 3 is 2.65 bits per heavy atom. The molecule has 1 aliphatic heterocycles. The number of phenolic OH excluding ortho intramolecular Hbond substituents is 2. The molecule has 0 spiro atoms. The molecular formula is C19H21NO2S. The Balaban J connectivity index is 2.01. The van der Waals surface area contributed by atoms with Gasteiger partial charge >= 0.3 is 0 Å². The molecule has 3 nitrogen and oxygen atoms in total. The van der Waals surface area contributed by atoms with Gasteiger partial charge in [0, 0.05) is 24.8 Å². The van der Waals surface area contributed by atoms with E-state index in [1.165, 1.54) is 5.56 Å². The maximum Gasteiger partial charge on any atom is 0.157 e. The van der Waals surface area contributed by atoms with Crippen LogP contribution < -0.4 is 0 Å². The predicted octanol–water partition coefficient (Wildman–Crippen LogP) is 3.92. The van der Waals surface area contributed by atoms with Crippen molar-refractivity contribution in [3.05, 3.63) is 71.8 Å². The molecule has 120 valence electrons. The summed E-state index contributed by atoms with van der Waals surface area (Å²) < 4.78 is 2.35. The molecule has 1 atom stereocenters. The number of hydrogen-bond donors (Lipinski definition) is 2. The molecule has 0 radical (unpaired) electrons. The molecule has 0 saturated carbocycles. The molecule has 3 rings (SSSR count). The van der Waals surface area contributed by atoms with Gasteiger partial charge in [-0.3, -0.25) is 0 Å². The molecule has 2 aromatic carbocycles. The van der Waals surface area contributed by atoms with Crippen LogP contribution in [0.1, 0.15) is 22.6 Å². The van der Waals surface area contributed by atoms with Crippen LogP contribution in [-0.4, -0.2) is 33.4 Å². The highest BCUT2D eigenvalue weighted by molar-refractivity contribution is 7.97. The summed E-state index contributed by atoms with van der Waals surface area (Å²) in [5.41, 5.74) is 3.44. The number of benzene rings is 2. The van der Waals surface area contributed by atoms with E-state index in [0.717, 1.165) is 36.4 Å². The summed E-state index contributed by atoms with van der Waals surface area (Å²) in [6.07, 6.45) is 2.77. The fourth-order valence-electron chi connectivity index (χ4n) is 3.06. The zero-order chi connectivity index (χ0) is 16.2. The van der Waals surface area contributed by atoms with Gasteiger partial charge in [-0.25, -0.2) is 4.31 Å². The van der Waals surface area contributed by atoms with Gasteiger partial charge in [0.25, 0.3) is 0 Å². The second kappa shape index (κ2) is 7.11. The van der Waals surface area contributed by atoms with Crippen molar-refractivity contribution in [3.8, 4) is 11.5 Å². The van der Waals surface area contributed by atoms with E-state index in [0.29, 0.717) is 0 Å². The molecule has 2 N–H and O–H groups in total. The Labute approximate surface area is 141 Å². The van der Waals surface area contributed by atoms with Gasteiger partial charge in [0.05, 0.1) is 0 Å². The predicted molar refractivity (Wildman–Crippen MR) is 96.0 cm³/mol. The molecule has 0 aromatic heterocycles. The monoisotopic (exact) mass is 327 g/mol. The van der Waals surface area contributed by atoms with Crippen molar-refractivity contribution >= 4 is 11.9 Å². The largest absolute Gasteiger partial charge is 0.504 e. The van der Waals surface area contributed by atoms with Crippen LogP contribution in [0.3, 0.4) is 0 Å². The van der Waals surface area contributed by atoms with E-state index >= 15 is 0 Å². The topological polar surface area (TPSA) is 43.7 Å². The van der Waals surface area contributed by atoms with Gasteiger partial charge < -0.3 is 10.2 Å². The van der Waals surface area contributed by atoms with Crippen molar-refractivity contribution in [2.24, 2.45) is 0 Å². The third kappa shape index (κ3) is 3.54. The Kier molecular flexibility index (Phi) is 4.94. The minimum atomic E-state index is -0.0446. The van der Waals surface area contributed by atoms with Crippen LogP contribution in [0.5, 0.6) is 11.5 Å². The summed E-state index contributed by atoms with van der Waals surface area (Å²) in [6.45, 7) is 5.59. The highest BCUT2D eigenvalue weighted by atomic mass is 32.2. The first-order chi connectivity index (χ1) is 11.2. The first kappa shape index (κ1) is 16.0. The summed E-state index contributed by atoms with van der Waals surface area (Å²) in [6, 6.07) is 13.8. The number of rotatable bonds is 4. The highest BCUT2D eigenvalue weighted by Crippen LogP contribution is 2.38. The smallest absolute Gasteiger partial charge is 0.157 e. The Hall–Kier alpha value is -1.91. The van der Waals surface area contributed by atoms with Crippen LogP contribution in [0.25, 0.3) is 0 Å². The molecule has 1 heterocycles. The fraction of sp³-hybridized carbons (Fsp3) is 0.263. The van der Waals surface area contributed by atoms with Gasteiger partial charge in [-0.15, -0.1) is 6.58 Å². The van der Waals surface area contributed by atoms with E-state index in [1.807, 2.05) is 24.3 Å². The lowest BCUT2D eigenvalue weighted by Gasteiger charge is -2.24. The summed E-state index contributed by atoms with van der Waals surface area (Å²) in [4.78, 5) is 0. The van der Waals surface area contributed by atoms with Crippen LogP contribution in [0.2, 0.25) is 0 Å². The molecule has 1 unspecified atom stereocenters. The minimum absolute atomic E-state index is 0.0391. The van der Waals surface area contributed by atoms with Gasteiger partial charge in [0.2, 0.25) is 0 Å². The van der Waals surface area contributed by atoms with Crippen molar-refractivity contribution in [3.63, 3.8) is 0 Å². The van der Waals surface area contributed by atoms with E-state index in [2.05, 4.69) is 23.0 Å². The van der Waals surface area contributed by atoms with Crippen molar-refractivity contribution in [1.82, 2.24) is 4.31 Å². The molecule has 0 amide bonds. The molecule has 0 saturated heterocycles. The summed E-state index contributed by atoms with van der Waals surface area (Å²) in [5.74, 6) is 0.978. The number of hydrogen-bond acceptors (Lipinski definition) is 4. The SMILES string of the molecule is C=CCSN1CCc2cc(O)c(O)cc2C(c2ccccc2)C1. The standard InChI is InChI=1S/C19H21NO2S/c1-2-10-23-20-9-8-15-11-18(21)19(22)12-16(15)17(13-20)14-6-4-3-5-7-14/h2-7,11-12,17,21-22H,1,8-10,13H2. The molecule has 0 bridgehead atoms. The average Bonchev–Trinajstić information content (AvgIpc) is 2.74. The Morgan fingerprint density at radius 2 is 1.91 bits per heavy atom. The van der Waals surface area contributed by atoms with Crippen molar-refractivity contribution in [2.75, 3.05) is 18.8 Å². The van der Waals surface area contributed by atoms with Crippen LogP contribution in [0.15, 0.2) is 55.1 Å². The quantitative estimate of drug-likeness (QED) is 0.507. The van der Waals surface area contributed by atoms with Gasteiger partial charge in [-0.2, -0.15) is 0 Å². The Morgan fingerprint density at radius 1 is 1.17 bits per heavy atom. The molecular weight excluding hydrogens is 306 g/mol. The highest BCUT2D eigenvalue weighted by Gasteiger charge is 2.26. The van der Waals surface area contributed by atoms with Crippen LogP contribution in [0.4, 0.5) is 0 Å². The van der Waals surface area contributed by atoms with Crippen molar-refractivity contribution < 1.29 is 10.2 Å². The fourth-order valence-corrected chi connectivity index (χ4v) is 3.85. The first-order valence-corrected chi connectivity index (χ1v) is 8.71.